The Morgan fingerprint density at radius 3 is 2.49 bits per heavy atom. The molecular formula is C24H17ClF6N2O3S. The average Bonchev–Trinajstić information content (AvgIpc) is 2.82. The third-order valence-electron chi connectivity index (χ3n) is 5.83. The van der Waals surface area contributed by atoms with Gasteiger partial charge in [-0.1, -0.05) is 29.8 Å². The van der Waals surface area contributed by atoms with Gasteiger partial charge in [0.15, 0.2) is 0 Å². The van der Waals surface area contributed by atoms with Gasteiger partial charge in [-0.25, -0.2) is 21.6 Å². The predicted octanol–water partition coefficient (Wildman–Crippen LogP) is 5.70. The summed E-state index contributed by atoms with van der Waals surface area (Å²) in [6.45, 7) is -0.396. The van der Waals surface area contributed by atoms with Crippen LogP contribution >= 0.6 is 11.6 Å². The van der Waals surface area contributed by atoms with Gasteiger partial charge in [0, 0.05) is 13.1 Å². The maximum atomic E-state index is 14.3. The molecule has 0 unspecified atom stereocenters. The zero-order chi connectivity index (χ0) is 27.1. The van der Waals surface area contributed by atoms with E-state index in [1.807, 2.05) is 0 Å². The Balaban J connectivity index is 1.57. The van der Waals surface area contributed by atoms with Crippen molar-refractivity contribution >= 4 is 33.2 Å². The first-order chi connectivity index (χ1) is 17.3. The van der Waals surface area contributed by atoms with Crippen molar-refractivity contribution in [2.75, 3.05) is 11.9 Å². The molecule has 3 aromatic rings. The van der Waals surface area contributed by atoms with Crippen LogP contribution in [0.4, 0.5) is 32.0 Å². The number of nitrogens with zero attached hydrogens (tertiary/aromatic N) is 1. The number of rotatable bonds is 5. The van der Waals surface area contributed by atoms with E-state index in [0.717, 1.165) is 22.5 Å². The molecule has 0 aromatic heterocycles. The van der Waals surface area contributed by atoms with E-state index in [4.69, 9.17) is 11.6 Å². The van der Waals surface area contributed by atoms with Gasteiger partial charge in [-0.2, -0.15) is 17.5 Å². The molecule has 0 aliphatic carbocycles. The highest BCUT2D eigenvalue weighted by Crippen LogP contribution is 2.36. The zero-order valence-corrected chi connectivity index (χ0v) is 20.2. The van der Waals surface area contributed by atoms with Crippen molar-refractivity contribution in [1.82, 2.24) is 4.31 Å². The summed E-state index contributed by atoms with van der Waals surface area (Å²) in [7, 11) is -4.40. The van der Waals surface area contributed by atoms with E-state index in [1.54, 1.807) is 0 Å². The quantitative estimate of drug-likeness (QED) is 0.406. The number of halogens is 7. The lowest BCUT2D eigenvalue weighted by atomic mass is 9.98. The molecule has 3 aromatic carbocycles. The van der Waals surface area contributed by atoms with Crippen molar-refractivity contribution < 1.29 is 39.6 Å². The topological polar surface area (TPSA) is 66.5 Å². The molecule has 0 spiro atoms. The summed E-state index contributed by atoms with van der Waals surface area (Å²) in [5.41, 5.74) is -0.995. The van der Waals surface area contributed by atoms with Crippen LogP contribution < -0.4 is 5.32 Å². The molecule has 0 saturated heterocycles. The molecular weight excluding hydrogens is 546 g/mol. The average molecular weight is 563 g/mol. The highest BCUT2D eigenvalue weighted by molar-refractivity contribution is 7.89. The molecule has 13 heteroatoms. The minimum absolute atomic E-state index is 0.0274. The molecule has 0 bridgehead atoms. The smallest absolute Gasteiger partial charge is 0.324 e. The highest BCUT2D eigenvalue weighted by Gasteiger charge is 2.35. The molecule has 1 amide bonds. The molecule has 1 aliphatic rings. The van der Waals surface area contributed by atoms with E-state index >= 15 is 0 Å². The summed E-state index contributed by atoms with van der Waals surface area (Å²) < 4.78 is 108. The Hall–Kier alpha value is -3.09. The molecule has 1 aliphatic heterocycles. The monoisotopic (exact) mass is 562 g/mol. The molecule has 0 atom stereocenters. The summed E-state index contributed by atoms with van der Waals surface area (Å²) in [6, 6.07) is 7.58. The summed E-state index contributed by atoms with van der Waals surface area (Å²) in [5.74, 6) is -4.44. The van der Waals surface area contributed by atoms with E-state index in [9.17, 15) is 39.6 Å². The molecule has 1 N–H and O–H groups in total. The first-order valence-electron chi connectivity index (χ1n) is 10.7. The summed E-state index contributed by atoms with van der Waals surface area (Å²) >= 11 is 6.22. The first kappa shape index (κ1) is 27.0. The predicted molar refractivity (Wildman–Crippen MR) is 123 cm³/mol. The molecule has 0 radical (unpaired) electrons. The zero-order valence-electron chi connectivity index (χ0n) is 18.7. The number of amides is 1. The van der Waals surface area contributed by atoms with Crippen molar-refractivity contribution in [2.24, 2.45) is 0 Å². The minimum atomic E-state index is -4.93. The fraction of sp³-hybridized carbons (Fsp3) is 0.208. The number of hydrogen-bond donors (Lipinski definition) is 1. The van der Waals surface area contributed by atoms with Crippen LogP contribution in [0.1, 0.15) is 22.3 Å². The second-order valence-corrected chi connectivity index (χ2v) is 10.5. The van der Waals surface area contributed by atoms with E-state index < -0.39 is 62.0 Å². The normalized spacial score (nSPS) is 14.4. The van der Waals surface area contributed by atoms with Crippen molar-refractivity contribution in [2.45, 2.75) is 30.5 Å². The second-order valence-electron chi connectivity index (χ2n) is 8.22. The lowest BCUT2D eigenvalue weighted by Crippen LogP contribution is -2.37. The van der Waals surface area contributed by atoms with E-state index in [-0.39, 0.29) is 30.2 Å². The number of alkyl halides is 3. The van der Waals surface area contributed by atoms with Crippen molar-refractivity contribution in [1.29, 1.82) is 0 Å². The highest BCUT2D eigenvalue weighted by atomic mass is 35.5. The number of benzene rings is 3. The molecule has 37 heavy (non-hydrogen) atoms. The van der Waals surface area contributed by atoms with Crippen molar-refractivity contribution in [3.05, 3.63) is 93.3 Å². The van der Waals surface area contributed by atoms with Crippen LogP contribution in [0.5, 0.6) is 0 Å². The Morgan fingerprint density at radius 1 is 1.05 bits per heavy atom. The maximum Gasteiger partial charge on any atom is 0.419 e. The first-order valence-corrected chi connectivity index (χ1v) is 12.5. The van der Waals surface area contributed by atoms with E-state index in [1.165, 1.54) is 12.1 Å². The number of carbonyl (C=O) groups excluding carboxylic acids is 1. The molecule has 5 nitrogen and oxygen atoms in total. The molecule has 4 rings (SSSR count). The number of hydrogen-bond acceptors (Lipinski definition) is 3. The summed E-state index contributed by atoms with van der Waals surface area (Å²) in [5, 5.41) is 2.55. The van der Waals surface area contributed by atoms with Crippen LogP contribution in [-0.2, 0) is 40.4 Å². The van der Waals surface area contributed by atoms with E-state index in [2.05, 4.69) is 5.32 Å². The third kappa shape index (κ3) is 5.46. The Kier molecular flexibility index (Phi) is 7.28. The Bertz CT molecular complexity index is 1490. The van der Waals surface area contributed by atoms with Crippen LogP contribution in [0.25, 0.3) is 0 Å². The number of fused-ring (bicyclic) bond motifs is 1. The van der Waals surface area contributed by atoms with Crippen LogP contribution in [-0.4, -0.2) is 25.2 Å². The van der Waals surface area contributed by atoms with Gasteiger partial charge in [0.2, 0.25) is 15.9 Å². The van der Waals surface area contributed by atoms with Crippen LogP contribution in [0.15, 0.2) is 53.4 Å². The van der Waals surface area contributed by atoms with Gasteiger partial charge in [0.1, 0.15) is 22.3 Å². The second kappa shape index (κ2) is 9.99. The van der Waals surface area contributed by atoms with Gasteiger partial charge in [-0.05, 0) is 53.4 Å². The lowest BCUT2D eigenvalue weighted by Gasteiger charge is -2.30. The fourth-order valence-electron chi connectivity index (χ4n) is 4.05. The number of anilines is 1. The fourth-order valence-corrected chi connectivity index (χ4v) is 5.77. The number of carbonyl (C=O) groups is 1. The molecule has 1 heterocycles. The van der Waals surface area contributed by atoms with Gasteiger partial charge in [0.05, 0.1) is 22.7 Å². The Labute approximate surface area is 212 Å². The SMILES string of the molecule is O=C(Cc1cccc(C(F)(F)F)c1F)Nc1c(Cl)ccc2c1CCN(S(=O)(=O)c1cc(F)ccc1F)C2. The maximum absolute atomic E-state index is 14.3. The summed E-state index contributed by atoms with van der Waals surface area (Å²) in [6.07, 6.45) is -5.62. The van der Waals surface area contributed by atoms with Gasteiger partial charge < -0.3 is 5.32 Å². The third-order valence-corrected chi connectivity index (χ3v) is 8.00. The van der Waals surface area contributed by atoms with Crippen molar-refractivity contribution in [3.63, 3.8) is 0 Å². The van der Waals surface area contributed by atoms with Crippen molar-refractivity contribution in [3.8, 4) is 0 Å². The minimum Gasteiger partial charge on any atom is -0.324 e. The van der Waals surface area contributed by atoms with Gasteiger partial charge in [-0.3, -0.25) is 4.79 Å². The Morgan fingerprint density at radius 2 is 1.78 bits per heavy atom. The van der Waals surface area contributed by atoms with Crippen LogP contribution in [0, 0.1) is 17.5 Å². The van der Waals surface area contributed by atoms with E-state index in [0.29, 0.717) is 29.3 Å². The molecule has 0 fully saturated rings. The number of nitrogens with one attached hydrogen (secondary N) is 1. The van der Waals surface area contributed by atoms with Crippen LogP contribution in [0.3, 0.4) is 0 Å². The largest absolute Gasteiger partial charge is 0.419 e. The van der Waals surface area contributed by atoms with Gasteiger partial charge >= 0.3 is 6.18 Å². The molecule has 0 saturated carbocycles. The number of sulfonamides is 1. The van der Waals surface area contributed by atoms with Gasteiger partial charge in [-0.15, -0.1) is 0 Å². The molecule has 196 valence electrons. The van der Waals surface area contributed by atoms with Gasteiger partial charge in [0.25, 0.3) is 0 Å². The summed E-state index contributed by atoms with van der Waals surface area (Å²) in [4.78, 5) is 11.8. The van der Waals surface area contributed by atoms with Crippen LogP contribution in [0.2, 0.25) is 5.02 Å². The lowest BCUT2D eigenvalue weighted by molar-refractivity contribution is -0.140. The standard InChI is InChI=1S/C24H17ClF6N2O3S/c25-18-6-4-14-12-33(37(35,36)20-11-15(26)5-7-19(20)27)9-8-16(14)23(18)32-21(34)10-13-2-1-3-17(22(13)28)24(29,30)31/h1-7,11H,8-10,12H2,(H,32,34).